The molecule has 2 unspecified atom stereocenters. The lowest BCUT2D eigenvalue weighted by atomic mass is 9.95. The van der Waals surface area contributed by atoms with Gasteiger partial charge in [-0.1, -0.05) is 6.58 Å². The highest BCUT2D eigenvalue weighted by atomic mass is 35.5. The first-order valence-corrected chi connectivity index (χ1v) is 3.35. The van der Waals surface area contributed by atoms with Gasteiger partial charge in [0.2, 0.25) is 0 Å². The molecule has 1 N–H and O–H groups in total. The Bertz CT molecular complexity index is 116. The average molecular weight is 149 g/mol. The molecule has 0 amide bonds. The van der Waals surface area contributed by atoms with Crippen LogP contribution in [0, 0.1) is 0 Å². The van der Waals surface area contributed by atoms with E-state index in [4.69, 9.17) is 11.6 Å². The van der Waals surface area contributed by atoms with Gasteiger partial charge >= 0.3 is 0 Å². The van der Waals surface area contributed by atoms with E-state index in [0.717, 1.165) is 0 Å². The van der Waals surface area contributed by atoms with Crippen molar-refractivity contribution in [2.24, 2.45) is 0 Å². The molecule has 0 aliphatic heterocycles. The summed E-state index contributed by atoms with van der Waals surface area (Å²) < 4.78 is 0. The minimum Gasteiger partial charge on any atom is -0.384 e. The molecule has 0 aromatic heterocycles. The maximum absolute atomic E-state index is 9.44. The Hall–Kier alpha value is -0.0100. The molecule has 54 valence electrons. The molecule has 2 atom stereocenters. The zero-order valence-corrected chi connectivity index (χ0v) is 6.87. The SMILES string of the molecule is C=C(C)C(C)(O)C(C)Cl. The summed E-state index contributed by atoms with van der Waals surface area (Å²) in [5.41, 5.74) is -0.230. The molecule has 0 aromatic rings. The molecule has 1 nitrogen and oxygen atoms in total. The maximum Gasteiger partial charge on any atom is 0.0983 e. The highest BCUT2D eigenvalue weighted by Gasteiger charge is 2.26. The monoisotopic (exact) mass is 148 g/mol. The van der Waals surface area contributed by atoms with Crippen molar-refractivity contribution in [3.63, 3.8) is 0 Å². The Kier molecular flexibility index (Phi) is 2.71. The standard InChI is InChI=1S/C7H13ClO/c1-5(2)7(4,9)6(3)8/h6,9H,1H2,2-4H3. The van der Waals surface area contributed by atoms with Crippen LogP contribution < -0.4 is 0 Å². The Labute approximate surface area is 61.3 Å². The summed E-state index contributed by atoms with van der Waals surface area (Å²) in [6.45, 7) is 8.78. The molecule has 0 aromatic carbocycles. The zero-order valence-electron chi connectivity index (χ0n) is 6.11. The first kappa shape index (κ1) is 8.99. The predicted octanol–water partition coefficient (Wildman–Crippen LogP) is 1.94. The van der Waals surface area contributed by atoms with Gasteiger partial charge in [-0.3, -0.25) is 0 Å². The van der Waals surface area contributed by atoms with Crippen LogP contribution in [-0.4, -0.2) is 16.1 Å². The summed E-state index contributed by atoms with van der Waals surface area (Å²) in [6, 6.07) is 0. The number of rotatable bonds is 2. The van der Waals surface area contributed by atoms with Crippen molar-refractivity contribution >= 4 is 11.6 Å². The molecule has 0 bridgehead atoms. The Morgan fingerprint density at radius 1 is 1.78 bits per heavy atom. The smallest absolute Gasteiger partial charge is 0.0983 e. The zero-order chi connectivity index (χ0) is 7.65. The second-order valence-corrected chi connectivity index (χ2v) is 3.20. The van der Waals surface area contributed by atoms with E-state index in [1.807, 2.05) is 0 Å². The van der Waals surface area contributed by atoms with Crippen molar-refractivity contribution < 1.29 is 5.11 Å². The molecule has 0 saturated carbocycles. The third-order valence-corrected chi connectivity index (χ3v) is 2.06. The summed E-state index contributed by atoms with van der Waals surface area (Å²) in [5.74, 6) is 0. The quantitative estimate of drug-likeness (QED) is 0.469. The lowest BCUT2D eigenvalue weighted by Gasteiger charge is -2.25. The topological polar surface area (TPSA) is 20.2 Å². The van der Waals surface area contributed by atoms with Crippen LogP contribution in [0.2, 0.25) is 0 Å². The minimum atomic E-state index is -0.929. The first-order chi connectivity index (χ1) is 3.89. The van der Waals surface area contributed by atoms with E-state index in [1.54, 1.807) is 20.8 Å². The lowest BCUT2D eigenvalue weighted by molar-refractivity contribution is 0.0988. The minimum absolute atomic E-state index is 0.282. The van der Waals surface area contributed by atoms with Crippen LogP contribution in [0.25, 0.3) is 0 Å². The molecule has 0 heterocycles. The van der Waals surface area contributed by atoms with Crippen LogP contribution in [0.1, 0.15) is 20.8 Å². The number of hydrogen-bond acceptors (Lipinski definition) is 1. The first-order valence-electron chi connectivity index (χ1n) is 2.91. The fourth-order valence-electron chi connectivity index (χ4n) is 0.340. The van der Waals surface area contributed by atoms with Crippen LogP contribution in [0.4, 0.5) is 0 Å². The van der Waals surface area contributed by atoms with Crippen molar-refractivity contribution in [1.29, 1.82) is 0 Å². The number of halogens is 1. The van der Waals surface area contributed by atoms with Gasteiger partial charge in [0.05, 0.1) is 11.0 Å². The van der Waals surface area contributed by atoms with Crippen molar-refractivity contribution in [2.75, 3.05) is 0 Å². The lowest BCUT2D eigenvalue weighted by Crippen LogP contribution is -2.34. The van der Waals surface area contributed by atoms with E-state index in [2.05, 4.69) is 6.58 Å². The molecular formula is C7H13ClO. The van der Waals surface area contributed by atoms with Crippen LogP contribution in [0.15, 0.2) is 12.2 Å². The van der Waals surface area contributed by atoms with Gasteiger partial charge in [-0.15, -0.1) is 11.6 Å². The van der Waals surface area contributed by atoms with E-state index in [0.29, 0.717) is 5.57 Å². The summed E-state index contributed by atoms with van der Waals surface area (Å²) in [6.07, 6.45) is 0. The Morgan fingerprint density at radius 3 is 2.11 bits per heavy atom. The van der Waals surface area contributed by atoms with Crippen molar-refractivity contribution in [2.45, 2.75) is 31.7 Å². The highest BCUT2D eigenvalue weighted by Crippen LogP contribution is 2.22. The van der Waals surface area contributed by atoms with Crippen molar-refractivity contribution in [1.82, 2.24) is 0 Å². The second-order valence-electron chi connectivity index (χ2n) is 2.54. The Balaban J connectivity index is 4.19. The van der Waals surface area contributed by atoms with Gasteiger partial charge < -0.3 is 5.11 Å². The molecule has 0 saturated heterocycles. The van der Waals surface area contributed by atoms with Crippen molar-refractivity contribution in [3.05, 3.63) is 12.2 Å². The van der Waals surface area contributed by atoms with Gasteiger partial charge in [-0.2, -0.15) is 0 Å². The second kappa shape index (κ2) is 2.72. The Morgan fingerprint density at radius 2 is 2.11 bits per heavy atom. The number of alkyl halides is 1. The maximum atomic E-state index is 9.44. The third kappa shape index (κ3) is 1.99. The van der Waals surface area contributed by atoms with Gasteiger partial charge in [-0.05, 0) is 26.3 Å². The molecule has 9 heavy (non-hydrogen) atoms. The van der Waals surface area contributed by atoms with Crippen molar-refractivity contribution in [3.8, 4) is 0 Å². The predicted molar refractivity (Wildman–Crippen MR) is 40.8 cm³/mol. The largest absolute Gasteiger partial charge is 0.384 e. The third-order valence-electron chi connectivity index (χ3n) is 1.64. The van der Waals surface area contributed by atoms with Gasteiger partial charge in [0.25, 0.3) is 0 Å². The molecule has 0 aliphatic rings. The molecule has 0 fully saturated rings. The van der Waals surface area contributed by atoms with E-state index < -0.39 is 5.60 Å². The summed E-state index contributed by atoms with van der Waals surface area (Å²) in [7, 11) is 0. The fraction of sp³-hybridized carbons (Fsp3) is 0.714. The van der Waals surface area contributed by atoms with E-state index in [1.165, 1.54) is 0 Å². The summed E-state index contributed by atoms with van der Waals surface area (Å²) >= 11 is 5.65. The van der Waals surface area contributed by atoms with E-state index >= 15 is 0 Å². The summed E-state index contributed by atoms with van der Waals surface area (Å²) in [5, 5.41) is 9.16. The van der Waals surface area contributed by atoms with Gasteiger partial charge in [0, 0.05) is 0 Å². The van der Waals surface area contributed by atoms with Crippen LogP contribution in [0.5, 0.6) is 0 Å². The van der Waals surface area contributed by atoms with Crippen LogP contribution >= 0.6 is 11.6 Å². The number of aliphatic hydroxyl groups is 1. The van der Waals surface area contributed by atoms with E-state index in [-0.39, 0.29) is 5.38 Å². The van der Waals surface area contributed by atoms with E-state index in [9.17, 15) is 5.11 Å². The van der Waals surface area contributed by atoms with Crippen LogP contribution in [-0.2, 0) is 0 Å². The molecule has 0 rings (SSSR count). The van der Waals surface area contributed by atoms with Gasteiger partial charge in [0.15, 0.2) is 0 Å². The number of hydrogen-bond donors (Lipinski definition) is 1. The molecule has 0 radical (unpaired) electrons. The highest BCUT2D eigenvalue weighted by molar-refractivity contribution is 6.21. The van der Waals surface area contributed by atoms with Gasteiger partial charge in [-0.25, -0.2) is 0 Å². The molecule has 0 aliphatic carbocycles. The molecule has 2 heteroatoms. The average Bonchev–Trinajstić information content (AvgIpc) is 1.65. The molecular weight excluding hydrogens is 136 g/mol. The fourth-order valence-corrected chi connectivity index (χ4v) is 0.526. The molecule has 0 spiro atoms. The van der Waals surface area contributed by atoms with Gasteiger partial charge in [0.1, 0.15) is 0 Å². The van der Waals surface area contributed by atoms with Crippen LogP contribution in [0.3, 0.4) is 0 Å². The normalized spacial score (nSPS) is 20.6. The summed E-state index contributed by atoms with van der Waals surface area (Å²) in [4.78, 5) is 0.